The van der Waals surface area contributed by atoms with Gasteiger partial charge in [-0.15, -0.1) is 0 Å². The Bertz CT molecular complexity index is 272. The quantitative estimate of drug-likeness (QED) is 0.640. The first-order chi connectivity index (χ1) is 8.42. The molecule has 5 nitrogen and oxygen atoms in total. The molecule has 0 aliphatic carbocycles. The number of rotatable bonds is 8. The summed E-state index contributed by atoms with van der Waals surface area (Å²) >= 11 is 1.46. The lowest BCUT2D eigenvalue weighted by atomic mass is 9.99. The summed E-state index contributed by atoms with van der Waals surface area (Å²) in [6, 6.07) is -0.503. The van der Waals surface area contributed by atoms with E-state index < -0.39 is 12.0 Å². The Morgan fingerprint density at radius 3 is 2.44 bits per heavy atom. The maximum atomic E-state index is 11.7. The van der Waals surface area contributed by atoms with E-state index in [-0.39, 0.29) is 17.9 Å². The SMILES string of the molecule is CCC(C)C(NC(=O)CSCC(C)N)C(=O)OC. The van der Waals surface area contributed by atoms with Crippen molar-refractivity contribution in [3.8, 4) is 0 Å². The van der Waals surface area contributed by atoms with Crippen molar-refractivity contribution < 1.29 is 14.3 Å². The molecule has 0 aliphatic heterocycles. The van der Waals surface area contributed by atoms with Gasteiger partial charge in [-0.25, -0.2) is 4.79 Å². The van der Waals surface area contributed by atoms with Gasteiger partial charge in [-0.05, 0) is 12.8 Å². The zero-order valence-electron chi connectivity index (χ0n) is 11.6. The van der Waals surface area contributed by atoms with Gasteiger partial charge in [-0.2, -0.15) is 11.8 Å². The number of nitrogens with one attached hydrogen (secondary N) is 1. The lowest BCUT2D eigenvalue weighted by Crippen LogP contribution is -2.46. The molecule has 0 saturated heterocycles. The van der Waals surface area contributed by atoms with E-state index in [4.69, 9.17) is 10.5 Å². The highest BCUT2D eigenvalue weighted by atomic mass is 32.2. The number of carbonyl (C=O) groups is 2. The van der Waals surface area contributed by atoms with Crippen molar-refractivity contribution in [2.24, 2.45) is 11.7 Å². The fourth-order valence-electron chi connectivity index (χ4n) is 1.35. The molecule has 0 aromatic heterocycles. The standard InChI is InChI=1S/C12H24N2O3S/c1-5-8(2)11(12(16)17-4)14-10(15)7-18-6-9(3)13/h8-9,11H,5-7,13H2,1-4H3,(H,14,15). The molecule has 3 unspecified atom stereocenters. The maximum absolute atomic E-state index is 11.7. The van der Waals surface area contributed by atoms with Crippen molar-refractivity contribution in [1.29, 1.82) is 0 Å². The molecule has 0 spiro atoms. The van der Waals surface area contributed by atoms with Crippen LogP contribution >= 0.6 is 11.8 Å². The molecule has 0 aromatic rings. The van der Waals surface area contributed by atoms with Crippen LogP contribution in [-0.4, -0.2) is 42.6 Å². The number of ether oxygens (including phenoxy) is 1. The third kappa shape index (κ3) is 6.86. The second-order valence-corrected chi connectivity index (χ2v) is 5.48. The van der Waals surface area contributed by atoms with E-state index in [9.17, 15) is 9.59 Å². The molecule has 0 saturated carbocycles. The van der Waals surface area contributed by atoms with Gasteiger partial charge in [0, 0.05) is 11.8 Å². The van der Waals surface area contributed by atoms with Gasteiger partial charge in [-0.3, -0.25) is 4.79 Å². The van der Waals surface area contributed by atoms with Crippen molar-refractivity contribution in [1.82, 2.24) is 5.32 Å². The van der Waals surface area contributed by atoms with Crippen LogP contribution in [-0.2, 0) is 14.3 Å². The van der Waals surface area contributed by atoms with Crippen molar-refractivity contribution in [2.45, 2.75) is 39.3 Å². The van der Waals surface area contributed by atoms with Gasteiger partial charge in [0.25, 0.3) is 0 Å². The molecule has 6 heteroatoms. The third-order valence-corrected chi connectivity index (χ3v) is 3.83. The van der Waals surface area contributed by atoms with E-state index in [1.54, 1.807) is 0 Å². The largest absolute Gasteiger partial charge is 0.467 e. The Morgan fingerprint density at radius 2 is 2.00 bits per heavy atom. The Morgan fingerprint density at radius 1 is 1.39 bits per heavy atom. The number of nitrogens with two attached hydrogens (primary N) is 1. The van der Waals surface area contributed by atoms with E-state index in [1.807, 2.05) is 20.8 Å². The number of methoxy groups -OCH3 is 1. The Kier molecular flexibility index (Phi) is 8.83. The van der Waals surface area contributed by atoms with Crippen molar-refractivity contribution >= 4 is 23.6 Å². The van der Waals surface area contributed by atoms with Gasteiger partial charge >= 0.3 is 5.97 Å². The summed E-state index contributed by atoms with van der Waals surface area (Å²) in [4.78, 5) is 23.3. The van der Waals surface area contributed by atoms with Crippen molar-refractivity contribution in [2.75, 3.05) is 18.6 Å². The lowest BCUT2D eigenvalue weighted by molar-refractivity contribution is -0.146. The third-order valence-electron chi connectivity index (χ3n) is 2.60. The summed E-state index contributed by atoms with van der Waals surface area (Å²) in [6.45, 7) is 5.77. The Balaban J connectivity index is 4.23. The van der Waals surface area contributed by atoms with Gasteiger partial charge in [0.2, 0.25) is 5.91 Å². The van der Waals surface area contributed by atoms with Gasteiger partial charge in [-0.1, -0.05) is 20.3 Å². The molecular weight excluding hydrogens is 252 g/mol. The molecule has 0 aromatic carbocycles. The van der Waals surface area contributed by atoms with Gasteiger partial charge < -0.3 is 15.8 Å². The molecule has 1 amide bonds. The summed E-state index contributed by atoms with van der Waals surface area (Å²) in [5.74, 6) is 0.538. The first-order valence-corrected chi connectivity index (χ1v) is 7.28. The average molecular weight is 276 g/mol. The summed E-state index contributed by atoms with van der Waals surface area (Å²) in [5, 5.41) is 2.72. The molecule has 0 bridgehead atoms. The smallest absolute Gasteiger partial charge is 0.328 e. The molecule has 0 rings (SSSR count). The van der Waals surface area contributed by atoms with Gasteiger partial charge in [0.1, 0.15) is 6.04 Å². The first-order valence-electron chi connectivity index (χ1n) is 6.12. The Labute approximate surface area is 113 Å². The summed E-state index contributed by atoms with van der Waals surface area (Å²) < 4.78 is 4.70. The molecule has 3 N–H and O–H groups in total. The number of hydrogen-bond donors (Lipinski definition) is 2. The second kappa shape index (κ2) is 9.22. The monoisotopic (exact) mass is 276 g/mol. The highest BCUT2D eigenvalue weighted by Gasteiger charge is 2.26. The van der Waals surface area contributed by atoms with E-state index in [0.29, 0.717) is 5.75 Å². The predicted octanol–water partition coefficient (Wildman–Crippen LogP) is 0.771. The molecule has 18 heavy (non-hydrogen) atoms. The highest BCUT2D eigenvalue weighted by molar-refractivity contribution is 7.99. The van der Waals surface area contributed by atoms with E-state index in [0.717, 1.165) is 12.2 Å². The molecule has 0 radical (unpaired) electrons. The molecule has 0 fully saturated rings. The zero-order valence-corrected chi connectivity index (χ0v) is 12.4. The minimum Gasteiger partial charge on any atom is -0.467 e. The molecule has 0 aliphatic rings. The molecule has 3 atom stereocenters. The Hall–Kier alpha value is -0.750. The van der Waals surface area contributed by atoms with E-state index in [2.05, 4.69) is 5.32 Å². The zero-order chi connectivity index (χ0) is 14.1. The van der Waals surface area contributed by atoms with E-state index >= 15 is 0 Å². The van der Waals surface area contributed by atoms with Crippen molar-refractivity contribution in [3.63, 3.8) is 0 Å². The molecular formula is C12H24N2O3S. The number of hydrogen-bond acceptors (Lipinski definition) is 5. The first kappa shape index (κ1) is 17.2. The van der Waals surface area contributed by atoms with E-state index in [1.165, 1.54) is 18.9 Å². The topological polar surface area (TPSA) is 81.4 Å². The van der Waals surface area contributed by atoms with Gasteiger partial charge in [0.05, 0.1) is 12.9 Å². The van der Waals surface area contributed by atoms with Crippen LogP contribution in [0.15, 0.2) is 0 Å². The van der Waals surface area contributed by atoms with Crippen LogP contribution < -0.4 is 11.1 Å². The van der Waals surface area contributed by atoms with Crippen molar-refractivity contribution in [3.05, 3.63) is 0 Å². The average Bonchev–Trinajstić information content (AvgIpc) is 2.33. The normalized spacial score (nSPS) is 15.6. The lowest BCUT2D eigenvalue weighted by Gasteiger charge is -2.21. The minimum atomic E-state index is -0.566. The summed E-state index contributed by atoms with van der Waals surface area (Å²) in [7, 11) is 1.33. The fraction of sp³-hybridized carbons (Fsp3) is 0.833. The summed E-state index contributed by atoms with van der Waals surface area (Å²) in [6.07, 6.45) is 0.799. The maximum Gasteiger partial charge on any atom is 0.328 e. The molecule has 106 valence electrons. The highest BCUT2D eigenvalue weighted by Crippen LogP contribution is 2.10. The van der Waals surface area contributed by atoms with Crippen LogP contribution in [0.3, 0.4) is 0 Å². The van der Waals surface area contributed by atoms with Crippen LogP contribution in [0.1, 0.15) is 27.2 Å². The number of amides is 1. The number of carbonyl (C=O) groups excluding carboxylic acids is 2. The van der Waals surface area contributed by atoms with Crippen LogP contribution in [0, 0.1) is 5.92 Å². The predicted molar refractivity (Wildman–Crippen MR) is 74.4 cm³/mol. The number of esters is 1. The van der Waals surface area contributed by atoms with Crippen LogP contribution in [0.4, 0.5) is 0 Å². The fourth-order valence-corrected chi connectivity index (χ4v) is 2.11. The number of thioether (sulfide) groups is 1. The van der Waals surface area contributed by atoms with Gasteiger partial charge in [0.15, 0.2) is 0 Å². The van der Waals surface area contributed by atoms with Crippen LogP contribution in [0.25, 0.3) is 0 Å². The minimum absolute atomic E-state index is 0.0554. The van der Waals surface area contributed by atoms with Crippen LogP contribution in [0.5, 0.6) is 0 Å². The molecule has 0 heterocycles. The van der Waals surface area contributed by atoms with Crippen LogP contribution in [0.2, 0.25) is 0 Å². The summed E-state index contributed by atoms with van der Waals surface area (Å²) in [5.41, 5.74) is 5.59. The second-order valence-electron chi connectivity index (χ2n) is 4.45.